The number of hydrogen-bond acceptors (Lipinski definition) is 9. The SMILES string of the molecule is Cc1ncsc1-c1ccc([C@H](C)NC(=O)[C@@H]2C[C@@H](O)CN2C(=O)C(NC(=O)CCCCc2ccc(C(=O)NC3C(C)(C)C(Oc4ccc(C#N)c(Cl)c4)C3(C)C)cc2)C(C)(C)C)cc1. The largest absolute Gasteiger partial charge is 0.489 e. The van der Waals surface area contributed by atoms with Gasteiger partial charge in [-0.05, 0) is 79.5 Å². The second-order valence-corrected chi connectivity index (χ2v) is 20.8. The number of carbonyl (C=O) groups is 4. The first-order valence-electron chi connectivity index (χ1n) is 22.0. The van der Waals surface area contributed by atoms with Crippen molar-refractivity contribution in [1.29, 1.82) is 5.26 Å². The molecule has 1 saturated heterocycles. The maximum atomic E-state index is 14.1. The molecule has 6 rings (SSSR count). The quantitative estimate of drug-likeness (QED) is 0.0862. The highest BCUT2D eigenvalue weighted by Gasteiger charge is 2.64. The summed E-state index contributed by atoms with van der Waals surface area (Å²) in [6.45, 7) is 17.7. The van der Waals surface area contributed by atoms with E-state index in [1.165, 1.54) is 4.90 Å². The molecule has 2 aliphatic rings. The zero-order chi connectivity index (χ0) is 46.7. The molecular weight excluding hydrogens is 848 g/mol. The number of carbonyl (C=O) groups excluding carboxylic acids is 4. The van der Waals surface area contributed by atoms with E-state index >= 15 is 0 Å². The minimum atomic E-state index is -0.907. The molecular formula is C50H61ClN6O6S. The van der Waals surface area contributed by atoms with E-state index < -0.39 is 40.3 Å². The second-order valence-electron chi connectivity index (χ2n) is 19.6. The Morgan fingerprint density at radius 1 is 1.00 bits per heavy atom. The highest BCUT2D eigenvalue weighted by molar-refractivity contribution is 7.13. The topological polar surface area (TPSA) is 174 Å². The Kier molecular flexibility index (Phi) is 14.6. The van der Waals surface area contributed by atoms with Crippen LogP contribution < -0.4 is 20.7 Å². The predicted molar refractivity (Wildman–Crippen MR) is 250 cm³/mol. The molecule has 1 aromatic heterocycles. The van der Waals surface area contributed by atoms with Gasteiger partial charge in [-0.3, -0.25) is 19.2 Å². The predicted octanol–water partition coefficient (Wildman–Crippen LogP) is 8.34. The number of amides is 4. The van der Waals surface area contributed by atoms with Gasteiger partial charge in [-0.25, -0.2) is 4.98 Å². The number of aliphatic hydroxyl groups is 1. The van der Waals surface area contributed by atoms with Gasteiger partial charge in [-0.2, -0.15) is 5.26 Å². The summed E-state index contributed by atoms with van der Waals surface area (Å²) in [5.74, 6) is -0.619. The molecule has 3 aromatic carbocycles. The van der Waals surface area contributed by atoms with Gasteiger partial charge >= 0.3 is 0 Å². The van der Waals surface area contributed by atoms with Gasteiger partial charge in [0.05, 0.1) is 38.8 Å². The molecule has 1 aliphatic heterocycles. The van der Waals surface area contributed by atoms with Crippen LogP contribution in [0.5, 0.6) is 5.75 Å². The van der Waals surface area contributed by atoms with Crippen LogP contribution in [0.15, 0.2) is 72.2 Å². The molecule has 2 heterocycles. The number of aromatic nitrogens is 1. The first-order valence-corrected chi connectivity index (χ1v) is 23.2. The number of nitriles is 1. The lowest BCUT2D eigenvalue weighted by Gasteiger charge is -2.63. The van der Waals surface area contributed by atoms with Gasteiger partial charge in [0.25, 0.3) is 5.91 Å². The highest BCUT2D eigenvalue weighted by Crippen LogP contribution is 2.55. The number of ether oxygens (including phenoxy) is 1. The van der Waals surface area contributed by atoms with E-state index in [4.69, 9.17) is 16.3 Å². The van der Waals surface area contributed by atoms with Crippen LogP contribution in [-0.4, -0.2) is 75.5 Å². The smallest absolute Gasteiger partial charge is 0.251 e. The van der Waals surface area contributed by atoms with E-state index in [1.807, 2.05) is 88.7 Å². The van der Waals surface area contributed by atoms with Crippen LogP contribution in [0.4, 0.5) is 0 Å². The van der Waals surface area contributed by atoms with Crippen molar-refractivity contribution >= 4 is 46.6 Å². The molecule has 340 valence electrons. The van der Waals surface area contributed by atoms with E-state index in [0.29, 0.717) is 34.7 Å². The summed E-state index contributed by atoms with van der Waals surface area (Å²) in [6.07, 6.45) is 1.24. The summed E-state index contributed by atoms with van der Waals surface area (Å²) < 4.78 is 6.36. The van der Waals surface area contributed by atoms with Gasteiger partial charge < -0.3 is 30.7 Å². The van der Waals surface area contributed by atoms with Gasteiger partial charge in [-0.1, -0.05) is 96.5 Å². The fourth-order valence-electron chi connectivity index (χ4n) is 9.50. The van der Waals surface area contributed by atoms with Gasteiger partial charge in [0.15, 0.2) is 0 Å². The van der Waals surface area contributed by atoms with Gasteiger partial charge in [0.2, 0.25) is 17.7 Å². The average Bonchev–Trinajstić information content (AvgIpc) is 3.87. The molecule has 1 aliphatic carbocycles. The molecule has 1 unspecified atom stereocenters. The number of benzene rings is 3. The van der Waals surface area contributed by atoms with E-state index in [1.54, 1.807) is 29.5 Å². The summed E-state index contributed by atoms with van der Waals surface area (Å²) in [4.78, 5) is 61.4. The number of nitrogens with zero attached hydrogens (tertiary/aromatic N) is 3. The molecule has 0 radical (unpaired) electrons. The van der Waals surface area contributed by atoms with Crippen LogP contribution >= 0.6 is 22.9 Å². The summed E-state index contributed by atoms with van der Waals surface area (Å²) in [7, 11) is 0. The first-order chi connectivity index (χ1) is 30.1. The molecule has 4 amide bonds. The monoisotopic (exact) mass is 908 g/mol. The fourth-order valence-corrected chi connectivity index (χ4v) is 10.5. The molecule has 64 heavy (non-hydrogen) atoms. The first kappa shape index (κ1) is 48.2. The van der Waals surface area contributed by atoms with Crippen molar-refractivity contribution in [1.82, 2.24) is 25.8 Å². The average molecular weight is 910 g/mol. The van der Waals surface area contributed by atoms with E-state index in [2.05, 4.69) is 54.7 Å². The number of aliphatic hydroxyl groups excluding tert-OH is 1. The lowest BCUT2D eigenvalue weighted by Crippen LogP contribution is -2.74. The van der Waals surface area contributed by atoms with E-state index in [0.717, 1.165) is 33.7 Å². The number of thiazole rings is 1. The Morgan fingerprint density at radius 2 is 1.67 bits per heavy atom. The third kappa shape index (κ3) is 10.6. The minimum Gasteiger partial charge on any atom is -0.489 e. The Morgan fingerprint density at radius 3 is 2.27 bits per heavy atom. The summed E-state index contributed by atoms with van der Waals surface area (Å²) in [5, 5.41) is 29.4. The normalized spacial score (nSPS) is 20.9. The molecule has 4 N–H and O–H groups in total. The number of nitrogens with one attached hydrogen (secondary N) is 3. The van der Waals surface area contributed by atoms with Crippen molar-refractivity contribution < 1.29 is 29.0 Å². The zero-order valence-corrected chi connectivity index (χ0v) is 39.8. The number of aryl methyl sites for hydroxylation is 2. The van der Waals surface area contributed by atoms with Crippen molar-refractivity contribution in [3.05, 3.63) is 105 Å². The maximum absolute atomic E-state index is 14.1. The van der Waals surface area contributed by atoms with Crippen molar-refractivity contribution in [3.8, 4) is 22.3 Å². The van der Waals surface area contributed by atoms with Crippen molar-refractivity contribution in [2.75, 3.05) is 6.54 Å². The molecule has 1 saturated carbocycles. The number of halogens is 1. The summed E-state index contributed by atoms with van der Waals surface area (Å²) in [6, 6.07) is 20.2. The Balaban J connectivity index is 0.969. The van der Waals surface area contributed by atoms with Crippen LogP contribution in [0.1, 0.15) is 120 Å². The van der Waals surface area contributed by atoms with Crippen LogP contribution in [0.3, 0.4) is 0 Å². The molecule has 0 bridgehead atoms. The molecule has 0 spiro atoms. The number of β-amino-alcohol motifs (C(OH)–C–C–N with tert-alkyl or cyclic N) is 1. The lowest BCUT2D eigenvalue weighted by atomic mass is 9.49. The second kappa shape index (κ2) is 19.4. The third-order valence-electron chi connectivity index (χ3n) is 12.8. The van der Waals surface area contributed by atoms with Crippen LogP contribution in [0.2, 0.25) is 5.02 Å². The van der Waals surface area contributed by atoms with Crippen LogP contribution in [0.25, 0.3) is 10.4 Å². The molecule has 14 heteroatoms. The summed E-state index contributed by atoms with van der Waals surface area (Å²) >= 11 is 7.82. The molecule has 12 nitrogen and oxygen atoms in total. The maximum Gasteiger partial charge on any atom is 0.251 e. The van der Waals surface area contributed by atoms with Gasteiger partial charge in [-0.15, -0.1) is 11.3 Å². The Labute approximate surface area is 386 Å². The van der Waals surface area contributed by atoms with Crippen molar-refractivity contribution in [3.63, 3.8) is 0 Å². The van der Waals surface area contributed by atoms with Crippen molar-refractivity contribution in [2.24, 2.45) is 16.2 Å². The zero-order valence-electron chi connectivity index (χ0n) is 38.3. The molecule has 4 aromatic rings. The van der Waals surface area contributed by atoms with Gasteiger partial charge in [0.1, 0.15) is 30.0 Å². The molecule has 2 fully saturated rings. The Bertz CT molecular complexity index is 2370. The highest BCUT2D eigenvalue weighted by atomic mass is 35.5. The summed E-state index contributed by atoms with van der Waals surface area (Å²) in [5.41, 5.74) is 5.25. The number of hydrogen-bond donors (Lipinski definition) is 4. The number of unbranched alkanes of at least 4 members (excludes halogenated alkanes) is 1. The minimum absolute atomic E-state index is 0.000157. The van der Waals surface area contributed by atoms with E-state index in [-0.39, 0.29) is 55.3 Å². The fraction of sp³-hybridized carbons (Fsp3) is 0.480. The van der Waals surface area contributed by atoms with Crippen molar-refractivity contribution in [2.45, 2.75) is 131 Å². The van der Waals surface area contributed by atoms with Crippen LogP contribution in [0, 0.1) is 34.5 Å². The molecule has 4 atom stereocenters. The number of rotatable bonds is 15. The third-order valence-corrected chi connectivity index (χ3v) is 14.1. The standard InChI is InChI=1S/C50H61ClN6O6S/c1-29(32-18-20-33(21-19-32)41-30(2)53-28-64-41)54-44(61)39-24-36(58)27-57(39)45(62)42(48(3,4)5)55-40(59)13-11-10-12-31-14-16-34(17-15-31)43(60)56-46-49(6,7)47(50(46,8)9)63-37-23-22-35(26-52)38(51)25-37/h14-23,25,28-29,36,39,42,46-47,58H,10-13,24,27H2,1-9H3,(H,54,61)(H,55,59)(H,56,60)/t29-,36+,39-,42?,46?,47?/m0/s1. The van der Waals surface area contributed by atoms with Crippen LogP contribution in [-0.2, 0) is 20.8 Å². The van der Waals surface area contributed by atoms with E-state index in [9.17, 15) is 29.5 Å². The lowest BCUT2D eigenvalue weighted by molar-refractivity contribution is -0.164. The van der Waals surface area contributed by atoms with Gasteiger partial charge in [0, 0.05) is 47.9 Å². The Hall–Kier alpha value is -5.29. The number of likely N-dealkylation sites (tertiary alicyclic amines) is 1.